The Kier molecular flexibility index (Phi) is 4.58. The van der Waals surface area contributed by atoms with Crippen LogP contribution in [0.3, 0.4) is 0 Å². The number of hydrogen-bond acceptors (Lipinski definition) is 5. The van der Waals surface area contributed by atoms with Gasteiger partial charge in [-0.2, -0.15) is 8.42 Å². The Morgan fingerprint density at radius 3 is 2.52 bits per heavy atom. The minimum atomic E-state index is -3.73. The molecule has 4 rings (SSSR count). The minimum Gasteiger partial charge on any atom is -0.494 e. The average molecular weight is 411 g/mol. The first-order valence-corrected chi connectivity index (χ1v) is 10.8. The number of para-hydroxylation sites is 1. The van der Waals surface area contributed by atoms with Gasteiger partial charge in [0.15, 0.2) is 5.76 Å². The second kappa shape index (κ2) is 6.97. The largest absolute Gasteiger partial charge is 0.494 e. The van der Waals surface area contributed by atoms with Crippen molar-refractivity contribution in [1.82, 2.24) is 9.97 Å². The van der Waals surface area contributed by atoms with Crippen molar-refractivity contribution in [2.24, 2.45) is 4.99 Å². The fourth-order valence-electron chi connectivity index (χ4n) is 3.38. The molecule has 0 unspecified atom stereocenters. The number of nitrogens with one attached hydrogen (secondary N) is 2. The molecule has 0 radical (unpaired) electrons. The van der Waals surface area contributed by atoms with Crippen LogP contribution in [0.5, 0.6) is 5.75 Å². The number of H-pyrrole nitrogens is 2. The number of ether oxygens (including phenoxy) is 1. The second-order valence-corrected chi connectivity index (χ2v) is 8.53. The van der Waals surface area contributed by atoms with Gasteiger partial charge < -0.3 is 18.9 Å². The lowest BCUT2D eigenvalue weighted by Crippen LogP contribution is -2.23. The predicted octanol–water partition coefficient (Wildman–Crippen LogP) is 0.323. The highest BCUT2D eigenvalue weighted by Crippen LogP contribution is 2.18. The van der Waals surface area contributed by atoms with Crippen LogP contribution in [0.1, 0.15) is 17.0 Å². The number of hydrogen-bond donors (Lipinski definition) is 2. The zero-order valence-corrected chi connectivity index (χ0v) is 17.3. The molecule has 0 spiro atoms. The van der Waals surface area contributed by atoms with Crippen LogP contribution in [-0.4, -0.2) is 31.8 Å². The monoisotopic (exact) mass is 411 g/mol. The van der Waals surface area contributed by atoms with Gasteiger partial charge in [-0.05, 0) is 43.7 Å². The van der Waals surface area contributed by atoms with Crippen molar-refractivity contribution in [1.29, 1.82) is 0 Å². The summed E-state index contributed by atoms with van der Waals surface area (Å²) >= 11 is 0. The van der Waals surface area contributed by atoms with E-state index in [1.165, 1.54) is 0 Å². The number of fused-ring (bicyclic) bond motifs is 1. The Balaban J connectivity index is 2.00. The number of methoxy groups -OCH3 is 1. The SMILES string of the molecule is COc1c/c(=C2/N=c3ccccc3=C2OS(C)(=O)=O)[nH]/c1=C\c1[nH]c(C)cc1C. The summed E-state index contributed by atoms with van der Waals surface area (Å²) in [5, 5.41) is 2.62. The van der Waals surface area contributed by atoms with E-state index in [4.69, 9.17) is 8.92 Å². The summed E-state index contributed by atoms with van der Waals surface area (Å²) in [6, 6.07) is 11.1. The van der Waals surface area contributed by atoms with Crippen molar-refractivity contribution >= 4 is 27.7 Å². The summed E-state index contributed by atoms with van der Waals surface area (Å²) in [6.07, 6.45) is 2.97. The van der Waals surface area contributed by atoms with E-state index in [1.54, 1.807) is 19.2 Å². The van der Waals surface area contributed by atoms with Crippen LogP contribution in [0.25, 0.3) is 17.5 Å². The molecule has 0 amide bonds. The zero-order chi connectivity index (χ0) is 20.8. The van der Waals surface area contributed by atoms with E-state index in [1.807, 2.05) is 38.1 Å². The van der Waals surface area contributed by atoms with Gasteiger partial charge in [0.25, 0.3) is 0 Å². The quantitative estimate of drug-likeness (QED) is 0.605. The zero-order valence-electron chi connectivity index (χ0n) is 16.5. The molecule has 0 atom stereocenters. The van der Waals surface area contributed by atoms with Gasteiger partial charge in [-0.25, -0.2) is 4.99 Å². The van der Waals surface area contributed by atoms with Gasteiger partial charge in [-0.3, -0.25) is 0 Å². The summed E-state index contributed by atoms with van der Waals surface area (Å²) in [6.45, 7) is 4.02. The molecule has 29 heavy (non-hydrogen) atoms. The highest BCUT2D eigenvalue weighted by molar-refractivity contribution is 7.86. The van der Waals surface area contributed by atoms with E-state index < -0.39 is 10.1 Å². The van der Waals surface area contributed by atoms with Gasteiger partial charge in [0.2, 0.25) is 0 Å². The van der Waals surface area contributed by atoms with Crippen molar-refractivity contribution < 1.29 is 17.3 Å². The summed E-state index contributed by atoms with van der Waals surface area (Å²) in [5.74, 6) is 0.814. The molecule has 0 fully saturated rings. The molecule has 0 saturated carbocycles. The molecule has 2 N–H and O–H groups in total. The fraction of sp³-hybridized carbons (Fsp3) is 0.190. The first-order chi connectivity index (χ1) is 13.7. The van der Waals surface area contributed by atoms with E-state index in [2.05, 4.69) is 21.0 Å². The van der Waals surface area contributed by atoms with Crippen LogP contribution in [0.15, 0.2) is 41.4 Å². The number of aromatic nitrogens is 2. The summed E-state index contributed by atoms with van der Waals surface area (Å²) in [7, 11) is -2.14. The molecule has 1 aliphatic heterocycles. The van der Waals surface area contributed by atoms with Crippen molar-refractivity contribution in [3.8, 4) is 5.75 Å². The lowest BCUT2D eigenvalue weighted by atomic mass is 10.2. The highest BCUT2D eigenvalue weighted by Gasteiger charge is 2.20. The van der Waals surface area contributed by atoms with Gasteiger partial charge in [0, 0.05) is 22.7 Å². The number of aromatic amines is 2. The third-order valence-corrected chi connectivity index (χ3v) is 5.06. The van der Waals surface area contributed by atoms with Crippen LogP contribution in [0.2, 0.25) is 0 Å². The van der Waals surface area contributed by atoms with Gasteiger partial charge >= 0.3 is 10.1 Å². The average Bonchev–Trinajstić information content (AvgIpc) is 3.30. The Bertz CT molecular complexity index is 1460. The first kappa shape index (κ1) is 19.1. The molecular formula is C21H21N3O4S. The van der Waals surface area contributed by atoms with E-state index in [0.29, 0.717) is 27.4 Å². The van der Waals surface area contributed by atoms with E-state index >= 15 is 0 Å². The summed E-state index contributed by atoms with van der Waals surface area (Å²) < 4.78 is 34.5. The normalized spacial score (nSPS) is 16.0. The van der Waals surface area contributed by atoms with Crippen LogP contribution in [0.4, 0.5) is 0 Å². The maximum Gasteiger partial charge on any atom is 0.306 e. The van der Waals surface area contributed by atoms with Crippen LogP contribution < -0.4 is 26.0 Å². The van der Waals surface area contributed by atoms with Crippen LogP contribution >= 0.6 is 0 Å². The van der Waals surface area contributed by atoms with Crippen molar-refractivity contribution in [2.45, 2.75) is 13.8 Å². The molecule has 0 aliphatic carbocycles. The van der Waals surface area contributed by atoms with Gasteiger partial charge in [0.05, 0.1) is 29.4 Å². The molecule has 3 heterocycles. The van der Waals surface area contributed by atoms with Crippen LogP contribution in [-0.2, 0) is 14.3 Å². The Labute approximate surface area is 167 Å². The molecule has 8 heteroatoms. The molecule has 0 bridgehead atoms. The molecule has 1 aromatic carbocycles. The standard InChI is InChI=1S/C21H21N3O4S/c1-12-9-13(2)22-16(12)10-17-19(27-3)11-18(23-17)20-21(28-29(4,25)26)14-7-5-6-8-15(14)24-20/h5-11,22-23H,1-4H3/b17-10-,20-18-. The van der Waals surface area contributed by atoms with Crippen molar-refractivity contribution in [3.63, 3.8) is 0 Å². The number of rotatable bonds is 4. The Morgan fingerprint density at radius 1 is 1.10 bits per heavy atom. The van der Waals surface area contributed by atoms with Crippen LogP contribution in [0, 0.1) is 13.8 Å². The smallest absolute Gasteiger partial charge is 0.306 e. The maximum atomic E-state index is 11.8. The van der Waals surface area contributed by atoms with Gasteiger partial charge in [-0.15, -0.1) is 0 Å². The number of nitrogens with zero attached hydrogens (tertiary/aromatic N) is 1. The fourth-order valence-corrected chi connectivity index (χ4v) is 3.85. The molecule has 1 aliphatic rings. The second-order valence-electron chi connectivity index (χ2n) is 6.95. The minimum absolute atomic E-state index is 0.199. The van der Waals surface area contributed by atoms with Gasteiger partial charge in [0.1, 0.15) is 11.4 Å². The third-order valence-electron chi connectivity index (χ3n) is 4.59. The molecule has 3 aromatic rings. The number of benzene rings is 1. The van der Waals surface area contributed by atoms with Crippen molar-refractivity contribution in [3.05, 3.63) is 74.6 Å². The predicted molar refractivity (Wildman–Crippen MR) is 110 cm³/mol. The van der Waals surface area contributed by atoms with Gasteiger partial charge in [-0.1, -0.05) is 12.1 Å². The van der Waals surface area contributed by atoms with Crippen molar-refractivity contribution in [2.75, 3.05) is 13.4 Å². The Morgan fingerprint density at radius 2 is 1.86 bits per heavy atom. The molecular weight excluding hydrogens is 390 g/mol. The first-order valence-electron chi connectivity index (χ1n) is 8.98. The summed E-state index contributed by atoms with van der Waals surface area (Å²) in [5.41, 5.74) is 3.54. The molecule has 2 aromatic heterocycles. The van der Waals surface area contributed by atoms with E-state index in [9.17, 15) is 8.42 Å². The lowest BCUT2D eigenvalue weighted by molar-refractivity contribution is 0.412. The number of aryl methyl sites for hydroxylation is 2. The summed E-state index contributed by atoms with van der Waals surface area (Å²) in [4.78, 5) is 11.2. The molecule has 0 saturated heterocycles. The molecule has 150 valence electrons. The lowest BCUT2D eigenvalue weighted by Gasteiger charge is -2.04. The Hall–Kier alpha value is -3.26. The molecule has 7 nitrogen and oxygen atoms in total. The maximum absolute atomic E-state index is 11.8. The third kappa shape index (κ3) is 3.71. The topological polar surface area (TPSA) is 96.5 Å². The van der Waals surface area contributed by atoms with E-state index in [0.717, 1.165) is 28.6 Å². The highest BCUT2D eigenvalue weighted by atomic mass is 32.2. The van der Waals surface area contributed by atoms with E-state index in [-0.39, 0.29) is 5.76 Å².